The van der Waals surface area contributed by atoms with Crippen molar-refractivity contribution in [1.82, 2.24) is 0 Å². The van der Waals surface area contributed by atoms with E-state index >= 15 is 0 Å². The molecule has 0 aliphatic carbocycles. The summed E-state index contributed by atoms with van der Waals surface area (Å²) in [7, 11) is 0. The lowest BCUT2D eigenvalue weighted by atomic mass is 9.79. The van der Waals surface area contributed by atoms with Crippen LogP contribution in [0.15, 0.2) is 4.42 Å². The molecule has 0 saturated carbocycles. The van der Waals surface area contributed by atoms with Gasteiger partial charge in [0.25, 0.3) is 0 Å². The fourth-order valence-corrected chi connectivity index (χ4v) is 9.73. The molecule has 0 fully saturated rings. The molecule has 0 bridgehead atoms. The monoisotopic (exact) mass is 1100 g/mol. The fourth-order valence-electron chi connectivity index (χ4n) is 9.73. The summed E-state index contributed by atoms with van der Waals surface area (Å²) in [6.07, 6.45) is 0. The molecule has 31 heteroatoms. The van der Waals surface area contributed by atoms with Gasteiger partial charge in [-0.15, -0.1) is 0 Å². The highest BCUT2D eigenvalue weighted by molar-refractivity contribution is 6.34. The summed E-state index contributed by atoms with van der Waals surface area (Å²) in [5.41, 5.74) is -15.7. The van der Waals surface area contributed by atoms with Crippen LogP contribution in [0.2, 0.25) is 0 Å². The number of phenolic OH excluding ortho intramolecular Hbond substituents is 30. The first-order valence-corrected chi connectivity index (χ1v) is 21.1. The number of furan rings is 1. The number of aromatic hydroxyl groups is 30. The summed E-state index contributed by atoms with van der Waals surface area (Å²) in [5.74, 6) is -53.7. The van der Waals surface area contributed by atoms with Crippen LogP contribution in [-0.4, -0.2) is 153 Å². The highest BCUT2D eigenvalue weighted by Gasteiger charge is 2.42. The van der Waals surface area contributed by atoms with E-state index in [2.05, 4.69) is 0 Å². The third-order valence-electron chi connectivity index (χ3n) is 13.3. The van der Waals surface area contributed by atoms with Crippen molar-refractivity contribution in [2.24, 2.45) is 0 Å². The predicted octanol–water partition coefficient (Wildman–Crippen LogP) is 4.88. The van der Waals surface area contributed by atoms with Crippen LogP contribution < -0.4 is 0 Å². The van der Waals surface area contributed by atoms with Crippen molar-refractivity contribution in [2.45, 2.75) is 0 Å². The molecular weight excluding hydrogens is 1070 g/mol. The molecule has 408 valence electrons. The number of phenols is 30. The Bertz CT molecular complexity index is 4450. The van der Waals surface area contributed by atoms with E-state index < -0.39 is 271 Å². The minimum absolute atomic E-state index is 1.02. The summed E-state index contributed by atoms with van der Waals surface area (Å²) in [4.78, 5) is 0. The highest BCUT2D eigenvalue weighted by Crippen LogP contribution is 2.71. The van der Waals surface area contributed by atoms with Gasteiger partial charge in [0.1, 0.15) is 11.5 Å². The molecule has 0 unspecified atom stereocenters. The van der Waals surface area contributed by atoms with Crippen molar-refractivity contribution < 1.29 is 158 Å². The number of fused-ring (bicyclic) bond motifs is 7. The van der Waals surface area contributed by atoms with Crippen LogP contribution in [0.5, 0.6) is 172 Å². The van der Waals surface area contributed by atoms with Crippen molar-refractivity contribution in [3.05, 3.63) is 0 Å². The summed E-state index contributed by atoms with van der Waals surface area (Å²) >= 11 is 0. The fraction of sp³-hybridized carbons (Fsp3) is 0. The lowest BCUT2D eigenvalue weighted by Gasteiger charge is -2.26. The Morgan fingerprint density at radius 1 is 0.114 bits per heavy atom. The molecule has 0 aliphatic rings. The van der Waals surface area contributed by atoms with Gasteiger partial charge in [0.05, 0.1) is 33.0 Å². The van der Waals surface area contributed by atoms with E-state index in [1.165, 1.54) is 0 Å². The number of hydrogen-bond donors (Lipinski definition) is 30. The van der Waals surface area contributed by atoms with Crippen molar-refractivity contribution in [2.75, 3.05) is 0 Å². The zero-order valence-corrected chi connectivity index (χ0v) is 37.8. The van der Waals surface area contributed by atoms with Gasteiger partial charge in [0.15, 0.2) is 91.7 Å². The first kappa shape index (κ1) is 50.1. The second-order valence-corrected chi connectivity index (χ2v) is 17.2. The first-order chi connectivity index (χ1) is 36.8. The van der Waals surface area contributed by atoms with E-state index in [1.807, 2.05) is 0 Å². The maximum atomic E-state index is 12.5. The summed E-state index contributed by atoms with van der Waals surface area (Å²) in [6, 6.07) is 0. The molecule has 0 atom stereocenters. The van der Waals surface area contributed by atoms with Crippen LogP contribution in [0.1, 0.15) is 0 Å². The molecule has 0 saturated heterocycles. The van der Waals surface area contributed by atoms with Gasteiger partial charge in [-0.1, -0.05) is 0 Å². The molecule has 0 amide bonds. The van der Waals surface area contributed by atoms with Crippen molar-refractivity contribution >= 4 is 54.3 Å². The molecule has 31 nitrogen and oxygen atoms in total. The van der Waals surface area contributed by atoms with Crippen LogP contribution in [0.4, 0.5) is 0 Å². The lowest BCUT2D eigenvalue weighted by molar-refractivity contribution is 0.329. The Balaban J connectivity index is 1.56. The molecule has 0 spiro atoms. The maximum absolute atomic E-state index is 12.5. The quantitative estimate of drug-likeness (QED) is 0.0634. The van der Waals surface area contributed by atoms with Gasteiger partial charge >= 0.3 is 0 Å². The molecule has 10 rings (SSSR count). The zero-order chi connectivity index (χ0) is 58.4. The summed E-state index contributed by atoms with van der Waals surface area (Å²) in [5, 5.41) is 328. The van der Waals surface area contributed by atoms with Crippen LogP contribution >= 0.6 is 0 Å². The van der Waals surface area contributed by atoms with Crippen LogP contribution in [0.25, 0.3) is 98.8 Å². The Hall–Kier alpha value is -12.4. The second-order valence-electron chi connectivity index (χ2n) is 17.2. The average molecular weight is 1100 g/mol. The molecule has 79 heavy (non-hydrogen) atoms. The minimum atomic E-state index is -2.07. The van der Waals surface area contributed by atoms with E-state index in [1.54, 1.807) is 0 Å². The Kier molecular flexibility index (Phi) is 9.86. The van der Waals surface area contributed by atoms with Crippen LogP contribution in [-0.2, 0) is 0 Å². The Morgan fingerprint density at radius 3 is 0.709 bits per heavy atom. The zero-order valence-electron chi connectivity index (χ0n) is 37.8. The maximum Gasteiger partial charge on any atom is 0.208 e. The van der Waals surface area contributed by atoms with Gasteiger partial charge in [0, 0.05) is 54.6 Å². The lowest BCUT2D eigenvalue weighted by Crippen LogP contribution is -1.99. The molecule has 9 aromatic carbocycles. The Morgan fingerprint density at radius 2 is 0.316 bits per heavy atom. The van der Waals surface area contributed by atoms with E-state index in [-0.39, 0.29) is 0 Å². The average Bonchev–Trinajstić information content (AvgIpc) is 3.86. The van der Waals surface area contributed by atoms with Crippen LogP contribution in [0.3, 0.4) is 0 Å². The van der Waals surface area contributed by atoms with Gasteiger partial charge < -0.3 is 158 Å². The molecule has 10 aromatic rings. The van der Waals surface area contributed by atoms with Crippen molar-refractivity contribution in [3.8, 4) is 217 Å². The van der Waals surface area contributed by atoms with Gasteiger partial charge in [-0.2, -0.15) is 0 Å². The largest absolute Gasteiger partial charge is 0.506 e. The van der Waals surface area contributed by atoms with E-state index in [0.717, 1.165) is 0 Å². The number of hydrogen-bond acceptors (Lipinski definition) is 31. The second kappa shape index (κ2) is 15.6. The van der Waals surface area contributed by atoms with Gasteiger partial charge in [-0.3, -0.25) is 0 Å². The van der Waals surface area contributed by atoms with Gasteiger partial charge in [0.2, 0.25) is 80.5 Å². The van der Waals surface area contributed by atoms with Gasteiger partial charge in [-0.25, -0.2) is 0 Å². The third-order valence-corrected chi connectivity index (χ3v) is 13.3. The molecular formula is C48H30O31. The van der Waals surface area contributed by atoms with Crippen molar-refractivity contribution in [3.63, 3.8) is 0 Å². The SMILES string of the molecule is Oc1c(O)c(O)c(-c2c(O)c(O)c(-c3c4c(O)c(O)c(O)c(O)c4c(-c4c(O)c(O)c5oc6c(O)c(O)c7c(O)c(O)c(O)c(O)c7c6c5c4O)c4c(O)c(O)c(O)c(O)c34)c(-c3c(O)c(O)c(O)c(O)c3O)c2O)c(O)c1O. The first-order valence-electron chi connectivity index (χ1n) is 21.1. The van der Waals surface area contributed by atoms with Crippen LogP contribution in [0, 0.1) is 0 Å². The minimum Gasteiger partial charge on any atom is -0.506 e. The number of benzene rings is 9. The highest BCUT2D eigenvalue weighted by atomic mass is 16.4. The topological polar surface area (TPSA) is 620 Å². The molecule has 0 radical (unpaired) electrons. The normalized spacial score (nSPS) is 11.8. The summed E-state index contributed by atoms with van der Waals surface area (Å²) in [6.45, 7) is 0. The van der Waals surface area contributed by atoms with E-state index in [0.29, 0.717) is 0 Å². The smallest absolute Gasteiger partial charge is 0.208 e. The number of rotatable bonds is 4. The third kappa shape index (κ3) is 5.70. The van der Waals surface area contributed by atoms with E-state index in [4.69, 9.17) is 4.42 Å². The van der Waals surface area contributed by atoms with Gasteiger partial charge in [-0.05, 0) is 0 Å². The molecule has 0 aliphatic heterocycles. The molecule has 30 N–H and O–H groups in total. The standard InChI is InChI=1S/C48H30O31/c49-17-8(12-26(58)39(71)43(75)40(72)27(12)59)5(19(51)25(57)14(17)15-29(61)41(73)44(76)42(74)30(15)62)1-3-6(22(54)35(67)33(65)20(3)52)2(7-4(1)21(53)34(66)36(68)23(7)55)11-18(50)16-10-9-13(28(60)38(70)37(69)24(9)56)32(64)45(77)47(10)79-48(16)46(78)31(11)63/h49-78H. The van der Waals surface area contributed by atoms with E-state index in [9.17, 15) is 153 Å². The molecule has 1 aromatic heterocycles. The summed E-state index contributed by atoms with van der Waals surface area (Å²) < 4.78 is 5.46. The molecule has 1 heterocycles. The Labute approximate surface area is 428 Å². The van der Waals surface area contributed by atoms with Crippen molar-refractivity contribution in [1.29, 1.82) is 0 Å². The predicted molar refractivity (Wildman–Crippen MR) is 258 cm³/mol.